The second-order valence-corrected chi connectivity index (χ2v) is 7.58. The minimum absolute atomic E-state index is 0.272. The molecule has 5 heteroatoms. The van der Waals surface area contributed by atoms with Crippen LogP contribution < -0.4 is 14.5 Å². The zero-order chi connectivity index (χ0) is 21.3. The molecule has 0 fully saturated rings. The lowest BCUT2D eigenvalue weighted by Crippen LogP contribution is -2.29. The summed E-state index contributed by atoms with van der Waals surface area (Å²) in [7, 11) is 5.48. The van der Waals surface area contributed by atoms with Gasteiger partial charge in [0.05, 0.1) is 23.9 Å². The minimum Gasteiger partial charge on any atom is -0.497 e. The molecule has 0 aromatic heterocycles. The number of methoxy groups -OCH3 is 1. The largest absolute Gasteiger partial charge is 0.497 e. The Labute approximate surface area is 176 Å². The van der Waals surface area contributed by atoms with Crippen molar-refractivity contribution < 1.29 is 14.3 Å². The molecular formula is C25H24N2O3. The fraction of sp³-hybridized carbons (Fsp3) is 0.200. The third-order valence-electron chi connectivity index (χ3n) is 5.44. The zero-order valence-corrected chi connectivity index (χ0v) is 17.4. The fourth-order valence-corrected chi connectivity index (χ4v) is 3.63. The van der Waals surface area contributed by atoms with E-state index in [-0.39, 0.29) is 11.8 Å². The van der Waals surface area contributed by atoms with Crippen molar-refractivity contribution in [3.05, 3.63) is 89.0 Å². The van der Waals surface area contributed by atoms with Crippen LogP contribution in [0.2, 0.25) is 0 Å². The number of carbonyl (C=O) groups excluding carboxylic acids is 2. The maximum atomic E-state index is 12.9. The summed E-state index contributed by atoms with van der Waals surface area (Å²) in [5.41, 5.74) is 4.79. The number of anilines is 2. The molecule has 0 saturated heterocycles. The van der Waals surface area contributed by atoms with Crippen LogP contribution in [-0.4, -0.2) is 33.0 Å². The van der Waals surface area contributed by atoms with Crippen molar-refractivity contribution in [1.82, 2.24) is 0 Å². The van der Waals surface area contributed by atoms with Gasteiger partial charge in [-0.25, -0.2) is 4.90 Å². The van der Waals surface area contributed by atoms with Gasteiger partial charge in [0.2, 0.25) is 0 Å². The van der Waals surface area contributed by atoms with Gasteiger partial charge in [0, 0.05) is 19.8 Å². The second kappa shape index (κ2) is 8.03. The van der Waals surface area contributed by atoms with E-state index in [2.05, 4.69) is 12.1 Å². The summed E-state index contributed by atoms with van der Waals surface area (Å²) in [6, 6.07) is 21.1. The molecule has 1 aliphatic rings. The number of amides is 2. The smallest absolute Gasteiger partial charge is 0.266 e. The monoisotopic (exact) mass is 400 g/mol. The van der Waals surface area contributed by atoms with E-state index in [1.165, 1.54) is 10.5 Å². The molecule has 0 unspecified atom stereocenters. The van der Waals surface area contributed by atoms with E-state index < -0.39 is 0 Å². The first-order valence-corrected chi connectivity index (χ1v) is 9.90. The van der Waals surface area contributed by atoms with Gasteiger partial charge in [0.25, 0.3) is 11.8 Å². The molecule has 1 heterocycles. The SMILES string of the molecule is COc1ccc(CCc2ccc(N3C(=O)c4ccc(N(C)C)cc4C3=O)cc2)cc1. The predicted octanol–water partition coefficient (Wildman–Crippen LogP) is 4.35. The molecule has 0 saturated carbocycles. The van der Waals surface area contributed by atoms with Crippen molar-refractivity contribution in [3.8, 4) is 5.75 Å². The average Bonchev–Trinajstić information content (AvgIpc) is 3.02. The summed E-state index contributed by atoms with van der Waals surface area (Å²) < 4.78 is 5.19. The molecule has 5 nitrogen and oxygen atoms in total. The van der Waals surface area contributed by atoms with Crippen LogP contribution in [0.25, 0.3) is 0 Å². The molecule has 3 aromatic rings. The molecule has 2 amide bonds. The number of imide groups is 1. The highest BCUT2D eigenvalue weighted by atomic mass is 16.5. The summed E-state index contributed by atoms with van der Waals surface area (Å²) in [4.78, 5) is 28.9. The second-order valence-electron chi connectivity index (χ2n) is 7.58. The predicted molar refractivity (Wildman–Crippen MR) is 119 cm³/mol. The van der Waals surface area contributed by atoms with Gasteiger partial charge in [-0.3, -0.25) is 9.59 Å². The molecule has 0 atom stereocenters. The van der Waals surface area contributed by atoms with E-state index in [0.29, 0.717) is 16.8 Å². The number of aryl methyl sites for hydroxylation is 2. The van der Waals surface area contributed by atoms with Gasteiger partial charge in [-0.15, -0.1) is 0 Å². The molecule has 30 heavy (non-hydrogen) atoms. The van der Waals surface area contributed by atoms with Crippen LogP contribution in [0, 0.1) is 0 Å². The quantitative estimate of drug-likeness (QED) is 0.578. The Bertz CT molecular complexity index is 1090. The van der Waals surface area contributed by atoms with Gasteiger partial charge in [-0.1, -0.05) is 24.3 Å². The Morgan fingerprint density at radius 3 is 1.90 bits per heavy atom. The van der Waals surface area contributed by atoms with Crippen molar-refractivity contribution in [3.63, 3.8) is 0 Å². The van der Waals surface area contributed by atoms with Crippen molar-refractivity contribution >= 4 is 23.2 Å². The topological polar surface area (TPSA) is 49.9 Å². The number of benzene rings is 3. The van der Waals surface area contributed by atoms with Crippen molar-refractivity contribution in [2.75, 3.05) is 31.0 Å². The zero-order valence-electron chi connectivity index (χ0n) is 17.4. The van der Waals surface area contributed by atoms with E-state index in [4.69, 9.17) is 4.74 Å². The van der Waals surface area contributed by atoms with Gasteiger partial charge in [-0.2, -0.15) is 0 Å². The lowest BCUT2D eigenvalue weighted by Gasteiger charge is -2.14. The van der Waals surface area contributed by atoms with E-state index in [0.717, 1.165) is 29.8 Å². The van der Waals surface area contributed by atoms with Crippen LogP contribution >= 0.6 is 0 Å². The Kier molecular flexibility index (Phi) is 5.27. The molecule has 0 radical (unpaired) electrons. The summed E-state index contributed by atoms with van der Waals surface area (Å²) >= 11 is 0. The number of ether oxygens (including phenoxy) is 1. The third kappa shape index (κ3) is 3.66. The van der Waals surface area contributed by atoms with E-state index in [9.17, 15) is 9.59 Å². The number of nitrogens with zero attached hydrogens (tertiary/aromatic N) is 2. The number of carbonyl (C=O) groups is 2. The van der Waals surface area contributed by atoms with Gasteiger partial charge >= 0.3 is 0 Å². The van der Waals surface area contributed by atoms with Crippen molar-refractivity contribution in [1.29, 1.82) is 0 Å². The van der Waals surface area contributed by atoms with Gasteiger partial charge in [0.1, 0.15) is 5.75 Å². The molecule has 152 valence electrons. The van der Waals surface area contributed by atoms with E-state index >= 15 is 0 Å². The van der Waals surface area contributed by atoms with E-state index in [1.807, 2.05) is 61.5 Å². The highest BCUT2D eigenvalue weighted by molar-refractivity contribution is 6.34. The molecule has 0 N–H and O–H groups in total. The van der Waals surface area contributed by atoms with E-state index in [1.54, 1.807) is 19.2 Å². The van der Waals surface area contributed by atoms with Gasteiger partial charge in [0.15, 0.2) is 0 Å². The summed E-state index contributed by atoms with van der Waals surface area (Å²) in [5.74, 6) is 0.303. The van der Waals surface area contributed by atoms with Crippen LogP contribution in [0.1, 0.15) is 31.8 Å². The van der Waals surface area contributed by atoms with Crippen LogP contribution in [0.5, 0.6) is 5.75 Å². The molecular weight excluding hydrogens is 376 g/mol. The number of hydrogen-bond donors (Lipinski definition) is 0. The standard InChI is InChI=1S/C25H24N2O3/c1-26(2)20-12-15-22-23(16-20)25(29)27(24(22)28)19-10-6-17(7-11-19)4-5-18-8-13-21(30-3)14-9-18/h6-16H,4-5H2,1-3H3. The van der Waals surface area contributed by atoms with Crippen molar-refractivity contribution in [2.24, 2.45) is 0 Å². The lowest BCUT2D eigenvalue weighted by atomic mass is 10.0. The van der Waals surface area contributed by atoms with Crippen molar-refractivity contribution in [2.45, 2.75) is 12.8 Å². The Morgan fingerprint density at radius 1 is 0.767 bits per heavy atom. The maximum absolute atomic E-state index is 12.9. The normalized spacial score (nSPS) is 12.8. The van der Waals surface area contributed by atoms with Crippen LogP contribution in [0.3, 0.4) is 0 Å². The molecule has 3 aromatic carbocycles. The molecule has 0 aliphatic carbocycles. The van der Waals surface area contributed by atoms with Crippen LogP contribution in [0.4, 0.5) is 11.4 Å². The Hall–Kier alpha value is -3.60. The molecule has 0 spiro atoms. The number of hydrogen-bond acceptors (Lipinski definition) is 4. The summed E-state index contributed by atoms with van der Waals surface area (Å²) in [6.07, 6.45) is 1.78. The molecule has 0 bridgehead atoms. The highest BCUT2D eigenvalue weighted by Gasteiger charge is 2.36. The maximum Gasteiger partial charge on any atom is 0.266 e. The minimum atomic E-state index is -0.273. The molecule has 1 aliphatic heterocycles. The van der Waals surface area contributed by atoms with Gasteiger partial charge < -0.3 is 9.64 Å². The summed E-state index contributed by atoms with van der Waals surface area (Å²) in [5, 5.41) is 0. The lowest BCUT2D eigenvalue weighted by molar-refractivity contribution is 0.0926. The summed E-state index contributed by atoms with van der Waals surface area (Å²) in [6.45, 7) is 0. The molecule has 4 rings (SSSR count). The Morgan fingerprint density at radius 2 is 1.33 bits per heavy atom. The first-order chi connectivity index (χ1) is 14.5. The third-order valence-corrected chi connectivity index (χ3v) is 5.44. The van der Waals surface area contributed by atoms with Crippen LogP contribution in [-0.2, 0) is 12.8 Å². The first-order valence-electron chi connectivity index (χ1n) is 9.90. The number of rotatable bonds is 6. The average molecular weight is 400 g/mol. The Balaban J connectivity index is 1.48. The fourth-order valence-electron chi connectivity index (χ4n) is 3.63. The first kappa shape index (κ1) is 19.7. The number of fused-ring (bicyclic) bond motifs is 1. The highest BCUT2D eigenvalue weighted by Crippen LogP contribution is 2.31. The van der Waals surface area contributed by atoms with Gasteiger partial charge in [-0.05, 0) is 66.4 Å². The van der Waals surface area contributed by atoms with Crippen LogP contribution in [0.15, 0.2) is 66.7 Å².